The maximum absolute atomic E-state index is 13.4. The lowest BCUT2D eigenvalue weighted by atomic mass is 9.85. The van der Waals surface area contributed by atoms with E-state index in [1.807, 2.05) is 68.4 Å². The van der Waals surface area contributed by atoms with Gasteiger partial charge in [0.25, 0.3) is 0 Å². The summed E-state index contributed by atoms with van der Waals surface area (Å²) in [5.74, 6) is -0.366. The van der Waals surface area contributed by atoms with Gasteiger partial charge in [-0.15, -0.1) is 0 Å². The fourth-order valence-corrected chi connectivity index (χ4v) is 14.4. The molecule has 1 amide bonds. The fraction of sp³-hybridized carbons (Fsp3) is 0.286. The van der Waals surface area contributed by atoms with E-state index in [0.29, 0.717) is 32.1 Å². The predicted octanol–water partition coefficient (Wildman–Crippen LogP) is 8.59. The maximum atomic E-state index is 13.4. The smallest absolute Gasteiger partial charge is 0.331 e. The molecular formula is C56H47N7O7. The number of hydrogen-bond donors (Lipinski definition) is 3. The van der Waals surface area contributed by atoms with Gasteiger partial charge < -0.3 is 49.3 Å². The molecule has 4 unspecified atom stereocenters. The molecule has 0 saturated carbocycles. The third-order valence-electron chi connectivity index (χ3n) is 17.5. The normalized spacial score (nSPS) is 26.9. The number of nitrogens with zero attached hydrogens (tertiary/aromatic N) is 4. The second kappa shape index (κ2) is 12.9. The number of nitrogens with one attached hydrogen (secondary N) is 1. The van der Waals surface area contributed by atoms with E-state index in [-0.39, 0.29) is 23.9 Å². The standard InChI is InChI=1S/C28H24N4O3.C28H23N3O4/c1-27-28(29,26(34)30-2)13-20(35-27)31-17-9-5-3-7-14(17)23-22-16(11-12-19(22)33)21-15-8-4-6-10-18(15)32(27)25(21)24(23)31;1-27-28(29,26(33)34-2)13-20(35-27)30-17-9-5-3-7-14(17)23-22-16(11-12-19(22)32)21-15-8-4-6-10-18(15)31(27)25(21)24(23)30/h3-10,20H,11-13,29H2,1-2H3,(H,30,34);3-10,20H,11-13,29H2,1-2H3/t2*20?,27?,28-/m00/s1. The molecule has 6 atom stereocenters. The number of rotatable bonds is 2. The first-order valence-corrected chi connectivity index (χ1v) is 24.1. The molecule has 4 aliphatic heterocycles. The average Bonchev–Trinajstić information content (AvgIpc) is 4.25. The molecule has 14 nitrogen and oxygen atoms in total. The molecule has 348 valence electrons. The highest BCUT2D eigenvalue weighted by molar-refractivity contribution is 6.33. The number of aryl methyl sites for hydroxylation is 2. The van der Waals surface area contributed by atoms with Gasteiger partial charge in [0.1, 0.15) is 18.0 Å². The number of aromatic nitrogens is 4. The number of fused-ring (bicyclic) bond motifs is 26. The zero-order chi connectivity index (χ0) is 47.7. The highest BCUT2D eigenvalue weighted by Crippen LogP contribution is 2.59. The van der Waals surface area contributed by atoms with Crippen LogP contribution in [0.15, 0.2) is 97.1 Å². The molecule has 2 fully saturated rings. The van der Waals surface area contributed by atoms with Crippen molar-refractivity contribution >= 4 is 111 Å². The van der Waals surface area contributed by atoms with Gasteiger partial charge in [-0.2, -0.15) is 0 Å². The predicted molar refractivity (Wildman–Crippen MR) is 267 cm³/mol. The van der Waals surface area contributed by atoms with E-state index in [1.165, 1.54) is 7.11 Å². The largest absolute Gasteiger partial charge is 0.468 e. The summed E-state index contributed by atoms with van der Waals surface area (Å²) in [7, 11) is 2.99. The Morgan fingerprint density at radius 1 is 0.571 bits per heavy atom. The summed E-state index contributed by atoms with van der Waals surface area (Å²) in [6.07, 6.45) is 2.03. The van der Waals surface area contributed by atoms with E-state index in [0.717, 1.165) is 109 Å². The summed E-state index contributed by atoms with van der Waals surface area (Å²) < 4.78 is 27.5. The van der Waals surface area contributed by atoms with Crippen molar-refractivity contribution in [1.29, 1.82) is 0 Å². The van der Waals surface area contributed by atoms with Gasteiger partial charge in [-0.1, -0.05) is 72.8 Å². The summed E-state index contributed by atoms with van der Waals surface area (Å²) in [5, 5.41) is 11.1. The van der Waals surface area contributed by atoms with Gasteiger partial charge in [-0.25, -0.2) is 4.79 Å². The van der Waals surface area contributed by atoms with Crippen molar-refractivity contribution in [2.45, 2.75) is 87.4 Å². The van der Waals surface area contributed by atoms with Gasteiger partial charge >= 0.3 is 5.97 Å². The van der Waals surface area contributed by atoms with Crippen LogP contribution in [0.1, 0.15) is 83.8 Å². The lowest BCUT2D eigenvalue weighted by molar-refractivity contribution is -0.166. The number of para-hydroxylation sites is 4. The molecule has 0 spiro atoms. The topological polar surface area (TPSA) is 180 Å². The maximum Gasteiger partial charge on any atom is 0.331 e. The van der Waals surface area contributed by atoms with Crippen LogP contribution < -0.4 is 16.8 Å². The van der Waals surface area contributed by atoms with Crippen LogP contribution in [0.3, 0.4) is 0 Å². The molecule has 2 aliphatic carbocycles. The van der Waals surface area contributed by atoms with Crippen molar-refractivity contribution in [3.05, 3.63) is 119 Å². The van der Waals surface area contributed by atoms with Gasteiger partial charge in [-0.05, 0) is 62.1 Å². The molecule has 16 rings (SSSR count). The summed E-state index contributed by atoms with van der Waals surface area (Å²) in [6.45, 7) is 3.83. The minimum Gasteiger partial charge on any atom is -0.468 e. The first kappa shape index (κ1) is 40.5. The number of benzene rings is 6. The molecule has 2 saturated heterocycles. The van der Waals surface area contributed by atoms with Crippen molar-refractivity contribution < 1.29 is 33.4 Å². The zero-order valence-corrected chi connectivity index (χ0v) is 38.9. The minimum atomic E-state index is -1.41. The number of esters is 1. The Morgan fingerprint density at radius 2 is 0.957 bits per heavy atom. The molecule has 8 heterocycles. The molecule has 4 bridgehead atoms. The van der Waals surface area contributed by atoms with Gasteiger partial charge in [0.05, 0.1) is 51.2 Å². The summed E-state index contributed by atoms with van der Waals surface area (Å²) in [4.78, 5) is 53.3. The third kappa shape index (κ3) is 4.27. The first-order chi connectivity index (χ1) is 33.8. The van der Waals surface area contributed by atoms with Crippen molar-refractivity contribution in [2.75, 3.05) is 14.2 Å². The second-order valence-electron chi connectivity index (χ2n) is 20.5. The lowest BCUT2D eigenvalue weighted by Gasteiger charge is -2.39. The SMILES string of the molecule is CNC(=O)[C@@]1(N)CC2OC1(C)n1c3ccccc3c3c4c(c5c6ccccc6n2c5c31)C(=O)CC4.COC(=O)[C@@]1(N)CC2OC1(C)n1c3ccccc3c3c4c(c5c6ccccc6n2c5c31)C(=O)CC4. The molecule has 70 heavy (non-hydrogen) atoms. The molecule has 10 aromatic rings. The van der Waals surface area contributed by atoms with Crippen LogP contribution in [-0.4, -0.2) is 66.9 Å². The van der Waals surface area contributed by atoms with Crippen LogP contribution in [0.25, 0.3) is 87.2 Å². The van der Waals surface area contributed by atoms with E-state index in [4.69, 9.17) is 25.7 Å². The van der Waals surface area contributed by atoms with E-state index >= 15 is 0 Å². The number of ketones is 2. The highest BCUT2D eigenvalue weighted by Gasteiger charge is 2.65. The monoisotopic (exact) mass is 929 g/mol. The molecule has 5 N–H and O–H groups in total. The van der Waals surface area contributed by atoms with Crippen LogP contribution in [0, 0.1) is 0 Å². The number of Topliss-reactive ketones (excluding diaryl/α,β-unsaturated/α-hetero) is 2. The van der Waals surface area contributed by atoms with Crippen LogP contribution in [0.4, 0.5) is 0 Å². The molecule has 0 radical (unpaired) electrons. The number of likely N-dealkylation sites (N-methyl/N-ethyl adjacent to an activating group) is 1. The van der Waals surface area contributed by atoms with Gasteiger partial charge in [0.2, 0.25) is 5.91 Å². The zero-order valence-electron chi connectivity index (χ0n) is 38.9. The lowest BCUT2D eigenvalue weighted by Crippen LogP contribution is -2.65. The fourth-order valence-electron chi connectivity index (χ4n) is 14.4. The molecule has 6 aromatic carbocycles. The van der Waals surface area contributed by atoms with Crippen LogP contribution >= 0.6 is 0 Å². The number of methoxy groups -OCH3 is 1. The summed E-state index contributed by atoms with van der Waals surface area (Å²) >= 11 is 0. The first-order valence-electron chi connectivity index (χ1n) is 24.1. The van der Waals surface area contributed by atoms with Crippen molar-refractivity contribution in [3.63, 3.8) is 0 Å². The molecular weight excluding hydrogens is 883 g/mol. The van der Waals surface area contributed by atoms with Gasteiger partial charge in [-0.3, -0.25) is 14.4 Å². The molecule has 6 aliphatic rings. The molecule has 4 aromatic heterocycles. The van der Waals surface area contributed by atoms with E-state index in [1.54, 1.807) is 7.05 Å². The van der Waals surface area contributed by atoms with Crippen LogP contribution in [0.2, 0.25) is 0 Å². The van der Waals surface area contributed by atoms with Crippen molar-refractivity contribution in [2.24, 2.45) is 11.5 Å². The number of ether oxygens (including phenoxy) is 3. The Hall–Kier alpha value is -7.36. The number of carbonyl (C=O) groups is 4. The van der Waals surface area contributed by atoms with Crippen LogP contribution in [0.5, 0.6) is 0 Å². The van der Waals surface area contributed by atoms with Crippen molar-refractivity contribution in [3.8, 4) is 0 Å². The number of amides is 1. The Bertz CT molecular complexity index is 3930. The Morgan fingerprint density at radius 3 is 1.39 bits per heavy atom. The van der Waals surface area contributed by atoms with Crippen molar-refractivity contribution in [1.82, 2.24) is 23.6 Å². The minimum absolute atomic E-state index is 0.186. The Kier molecular flexibility index (Phi) is 7.46. The van der Waals surface area contributed by atoms with Crippen LogP contribution in [-0.2, 0) is 48.1 Å². The van der Waals surface area contributed by atoms with E-state index in [2.05, 4.69) is 66.0 Å². The number of nitrogens with two attached hydrogens (primary N) is 2. The summed E-state index contributed by atoms with van der Waals surface area (Å²) in [6, 6.07) is 32.6. The average molecular weight is 930 g/mol. The van der Waals surface area contributed by atoms with Gasteiger partial charge in [0, 0.05) is 86.9 Å². The third-order valence-corrected chi connectivity index (χ3v) is 17.5. The summed E-state index contributed by atoms with van der Waals surface area (Å²) in [5.41, 5.74) is 20.6. The number of hydrogen-bond acceptors (Lipinski definition) is 9. The van der Waals surface area contributed by atoms with E-state index in [9.17, 15) is 19.2 Å². The number of carbonyl (C=O) groups excluding carboxylic acids is 4. The van der Waals surface area contributed by atoms with Gasteiger partial charge in [0.15, 0.2) is 28.6 Å². The Labute approximate surface area is 398 Å². The second-order valence-corrected chi connectivity index (χ2v) is 20.5. The quantitative estimate of drug-likeness (QED) is 0.143. The Balaban J connectivity index is 0.000000126. The molecule has 14 heteroatoms. The highest BCUT2D eigenvalue weighted by atomic mass is 16.6. The van der Waals surface area contributed by atoms with E-state index < -0.39 is 41.0 Å².